The molecule has 104 valence electrons. The molecule has 0 spiro atoms. The molecule has 1 aliphatic carbocycles. The van der Waals surface area contributed by atoms with Crippen molar-refractivity contribution in [3.63, 3.8) is 0 Å². The van der Waals surface area contributed by atoms with Crippen LogP contribution in [0.5, 0.6) is 0 Å². The molecule has 0 aromatic heterocycles. The summed E-state index contributed by atoms with van der Waals surface area (Å²) in [5.41, 5.74) is 0.0408. The lowest BCUT2D eigenvalue weighted by Crippen LogP contribution is -2.35. The molecule has 1 fully saturated rings. The number of aliphatic hydroxyl groups is 1. The van der Waals surface area contributed by atoms with Crippen LogP contribution in [0.3, 0.4) is 0 Å². The van der Waals surface area contributed by atoms with Crippen LogP contribution in [0.4, 0.5) is 0 Å². The van der Waals surface area contributed by atoms with E-state index >= 15 is 0 Å². The van der Waals surface area contributed by atoms with Gasteiger partial charge in [-0.3, -0.25) is 0 Å². The number of carboxylic acids is 1. The average molecular weight is 285 g/mol. The molecule has 1 aromatic rings. The van der Waals surface area contributed by atoms with Gasteiger partial charge in [-0.2, -0.15) is 4.31 Å². The van der Waals surface area contributed by atoms with Crippen molar-refractivity contribution in [3.8, 4) is 0 Å². The molecular formula is C12H15NO5S. The number of rotatable bonds is 6. The summed E-state index contributed by atoms with van der Waals surface area (Å²) < 4.78 is 26.0. The van der Waals surface area contributed by atoms with Crippen LogP contribution in [-0.4, -0.2) is 48.1 Å². The van der Waals surface area contributed by atoms with Crippen molar-refractivity contribution in [2.45, 2.75) is 23.8 Å². The van der Waals surface area contributed by atoms with Crippen LogP contribution in [0, 0.1) is 0 Å². The van der Waals surface area contributed by atoms with Gasteiger partial charge >= 0.3 is 5.97 Å². The maximum Gasteiger partial charge on any atom is 0.335 e. The van der Waals surface area contributed by atoms with Crippen LogP contribution in [0.2, 0.25) is 0 Å². The molecule has 0 unspecified atom stereocenters. The number of sulfonamides is 1. The fourth-order valence-electron chi connectivity index (χ4n) is 1.86. The van der Waals surface area contributed by atoms with Gasteiger partial charge in [0.05, 0.1) is 17.1 Å². The molecule has 0 radical (unpaired) electrons. The summed E-state index contributed by atoms with van der Waals surface area (Å²) in [6.45, 7) is -0.170. The summed E-state index contributed by atoms with van der Waals surface area (Å²) >= 11 is 0. The van der Waals surface area contributed by atoms with Gasteiger partial charge in [0.15, 0.2) is 0 Å². The summed E-state index contributed by atoms with van der Waals surface area (Å²) in [6, 6.07) is 5.05. The Morgan fingerprint density at radius 2 is 1.84 bits per heavy atom. The number of nitrogens with zero attached hydrogens (tertiary/aromatic N) is 1. The molecule has 0 saturated heterocycles. The summed E-state index contributed by atoms with van der Waals surface area (Å²) in [7, 11) is -3.66. The Balaban J connectivity index is 2.29. The first-order chi connectivity index (χ1) is 8.96. The van der Waals surface area contributed by atoms with Crippen molar-refractivity contribution < 1.29 is 23.4 Å². The molecule has 2 N–H and O–H groups in total. The van der Waals surface area contributed by atoms with Crippen molar-refractivity contribution in [3.05, 3.63) is 29.8 Å². The van der Waals surface area contributed by atoms with Gasteiger partial charge in [0.1, 0.15) is 0 Å². The summed E-state index contributed by atoms with van der Waals surface area (Å²) in [4.78, 5) is 10.8. The van der Waals surface area contributed by atoms with Crippen LogP contribution in [0.15, 0.2) is 29.2 Å². The van der Waals surface area contributed by atoms with Crippen molar-refractivity contribution in [1.29, 1.82) is 0 Å². The number of benzene rings is 1. The van der Waals surface area contributed by atoms with Crippen LogP contribution in [0.1, 0.15) is 23.2 Å². The van der Waals surface area contributed by atoms with Crippen molar-refractivity contribution in [2.75, 3.05) is 13.2 Å². The Morgan fingerprint density at radius 1 is 1.26 bits per heavy atom. The van der Waals surface area contributed by atoms with E-state index in [9.17, 15) is 13.2 Å². The van der Waals surface area contributed by atoms with E-state index in [0.717, 1.165) is 12.8 Å². The van der Waals surface area contributed by atoms with E-state index in [1.54, 1.807) is 0 Å². The number of hydrogen-bond acceptors (Lipinski definition) is 4. The van der Waals surface area contributed by atoms with Gasteiger partial charge in [-0.25, -0.2) is 13.2 Å². The van der Waals surface area contributed by atoms with Crippen molar-refractivity contribution >= 4 is 16.0 Å². The van der Waals surface area contributed by atoms with Gasteiger partial charge in [0, 0.05) is 12.6 Å². The quantitative estimate of drug-likeness (QED) is 0.795. The molecule has 1 saturated carbocycles. The molecule has 2 rings (SSSR count). The maximum absolute atomic E-state index is 12.4. The third-order valence-corrected chi connectivity index (χ3v) is 4.95. The fourth-order valence-corrected chi connectivity index (χ4v) is 3.54. The highest BCUT2D eigenvalue weighted by Gasteiger charge is 2.37. The first-order valence-electron chi connectivity index (χ1n) is 5.93. The molecule has 0 bridgehead atoms. The smallest absolute Gasteiger partial charge is 0.335 e. The number of aromatic carboxylic acids is 1. The minimum atomic E-state index is -3.66. The SMILES string of the molecule is O=C(O)c1ccc(S(=O)(=O)N(CCO)C2CC2)cc1. The number of hydrogen-bond donors (Lipinski definition) is 2. The summed E-state index contributed by atoms with van der Waals surface area (Å²) in [6.07, 6.45) is 1.60. The minimum absolute atomic E-state index is 0.0408. The van der Waals surface area contributed by atoms with Crippen LogP contribution >= 0.6 is 0 Å². The summed E-state index contributed by atoms with van der Waals surface area (Å²) in [5.74, 6) is -1.10. The molecule has 0 atom stereocenters. The molecule has 0 aliphatic heterocycles. The lowest BCUT2D eigenvalue weighted by Gasteiger charge is -2.20. The van der Waals surface area contributed by atoms with Crippen LogP contribution < -0.4 is 0 Å². The Labute approximate surface area is 111 Å². The Kier molecular flexibility index (Phi) is 3.88. The van der Waals surface area contributed by atoms with Crippen LogP contribution in [0.25, 0.3) is 0 Å². The Morgan fingerprint density at radius 3 is 2.26 bits per heavy atom. The zero-order valence-electron chi connectivity index (χ0n) is 10.2. The zero-order valence-corrected chi connectivity index (χ0v) is 11.0. The number of carboxylic acid groups (broad SMARTS) is 1. The highest BCUT2D eigenvalue weighted by Crippen LogP contribution is 2.31. The molecule has 19 heavy (non-hydrogen) atoms. The van der Waals surface area contributed by atoms with Gasteiger partial charge in [-0.15, -0.1) is 0 Å². The van der Waals surface area contributed by atoms with Gasteiger partial charge in [0.25, 0.3) is 0 Å². The van der Waals surface area contributed by atoms with Crippen molar-refractivity contribution in [1.82, 2.24) is 4.31 Å². The highest BCUT2D eigenvalue weighted by molar-refractivity contribution is 7.89. The largest absolute Gasteiger partial charge is 0.478 e. The predicted octanol–water partition coefficient (Wildman–Crippen LogP) is 0.530. The molecule has 6 nitrogen and oxygen atoms in total. The normalized spacial score (nSPS) is 15.7. The van der Waals surface area contributed by atoms with E-state index in [4.69, 9.17) is 10.2 Å². The van der Waals surface area contributed by atoms with Gasteiger partial charge in [-0.05, 0) is 37.1 Å². The van der Waals surface area contributed by atoms with E-state index in [0.29, 0.717) is 0 Å². The topological polar surface area (TPSA) is 94.9 Å². The maximum atomic E-state index is 12.4. The second-order valence-electron chi connectivity index (χ2n) is 4.40. The van der Waals surface area contributed by atoms with Gasteiger partial charge in [0.2, 0.25) is 10.0 Å². The van der Waals surface area contributed by atoms with E-state index in [2.05, 4.69) is 0 Å². The average Bonchev–Trinajstić information content (AvgIpc) is 3.20. The lowest BCUT2D eigenvalue weighted by atomic mass is 10.2. The monoisotopic (exact) mass is 285 g/mol. The molecule has 0 amide bonds. The molecular weight excluding hydrogens is 270 g/mol. The second-order valence-corrected chi connectivity index (χ2v) is 6.29. The van der Waals surface area contributed by atoms with E-state index in [-0.39, 0.29) is 29.7 Å². The molecule has 7 heteroatoms. The van der Waals surface area contributed by atoms with Crippen LogP contribution in [-0.2, 0) is 10.0 Å². The number of aliphatic hydroxyl groups excluding tert-OH is 1. The molecule has 1 aromatic carbocycles. The lowest BCUT2D eigenvalue weighted by molar-refractivity contribution is 0.0696. The van der Waals surface area contributed by atoms with Gasteiger partial charge < -0.3 is 10.2 Å². The third-order valence-electron chi connectivity index (χ3n) is 2.98. The van der Waals surface area contributed by atoms with E-state index in [1.807, 2.05) is 0 Å². The van der Waals surface area contributed by atoms with Crippen molar-refractivity contribution in [2.24, 2.45) is 0 Å². The number of carbonyl (C=O) groups is 1. The Hall–Kier alpha value is -1.44. The van der Waals surface area contributed by atoms with Gasteiger partial charge in [-0.1, -0.05) is 0 Å². The summed E-state index contributed by atoms with van der Waals surface area (Å²) in [5, 5.41) is 17.7. The third kappa shape index (κ3) is 2.94. The van der Waals surface area contributed by atoms with E-state index in [1.165, 1.54) is 28.6 Å². The van der Waals surface area contributed by atoms with E-state index < -0.39 is 16.0 Å². The molecule has 0 heterocycles. The first-order valence-corrected chi connectivity index (χ1v) is 7.37. The first kappa shape index (κ1) is 14.0. The fraction of sp³-hybridized carbons (Fsp3) is 0.417. The minimum Gasteiger partial charge on any atom is -0.478 e. The zero-order chi connectivity index (χ0) is 14.0. The highest BCUT2D eigenvalue weighted by atomic mass is 32.2. The second kappa shape index (κ2) is 5.28. The predicted molar refractivity (Wildman–Crippen MR) is 67.4 cm³/mol. The molecule has 1 aliphatic rings. The standard InChI is InChI=1S/C12H15NO5S/c14-8-7-13(10-3-4-10)19(17,18)11-5-1-9(2-6-11)12(15)16/h1-2,5-6,10,14H,3-4,7-8H2,(H,15,16). The Bertz CT molecular complexity index is 562.